The van der Waals surface area contributed by atoms with E-state index in [2.05, 4.69) is 10.3 Å². The van der Waals surface area contributed by atoms with Crippen LogP contribution in [0.3, 0.4) is 0 Å². The zero-order chi connectivity index (χ0) is 14.5. The molecule has 1 fully saturated rings. The minimum Gasteiger partial charge on any atom is -0.384 e. The van der Waals surface area contributed by atoms with Crippen molar-refractivity contribution in [3.8, 4) is 0 Å². The van der Waals surface area contributed by atoms with Crippen molar-refractivity contribution in [3.05, 3.63) is 18.3 Å². The molecule has 1 aromatic heterocycles. The lowest BCUT2D eigenvalue weighted by atomic mass is 10.1. The van der Waals surface area contributed by atoms with E-state index >= 15 is 0 Å². The predicted molar refractivity (Wildman–Crippen MR) is 73.8 cm³/mol. The summed E-state index contributed by atoms with van der Waals surface area (Å²) in [5.41, 5.74) is 6.05. The Kier molecular flexibility index (Phi) is 4.52. The maximum absolute atomic E-state index is 12.1. The van der Waals surface area contributed by atoms with E-state index in [-0.39, 0.29) is 24.2 Å². The average molecular weight is 278 g/mol. The number of pyridine rings is 1. The van der Waals surface area contributed by atoms with E-state index in [1.807, 2.05) is 0 Å². The Hall–Kier alpha value is -2.15. The second-order valence-electron chi connectivity index (χ2n) is 4.69. The number of carbonyl (C=O) groups excluding carboxylic acids is 2. The fourth-order valence-electron chi connectivity index (χ4n) is 2.09. The summed E-state index contributed by atoms with van der Waals surface area (Å²) < 4.78 is 4.94. The van der Waals surface area contributed by atoms with Crippen LogP contribution in [0.5, 0.6) is 0 Å². The van der Waals surface area contributed by atoms with Crippen LogP contribution in [0.1, 0.15) is 6.42 Å². The van der Waals surface area contributed by atoms with E-state index < -0.39 is 0 Å². The molecule has 0 aromatic carbocycles. The molecule has 1 saturated heterocycles. The van der Waals surface area contributed by atoms with Gasteiger partial charge in [-0.3, -0.25) is 9.59 Å². The monoisotopic (exact) mass is 278 g/mol. The Bertz CT molecular complexity index is 489. The first-order valence-corrected chi connectivity index (χ1v) is 6.39. The average Bonchev–Trinajstić information content (AvgIpc) is 2.80. The summed E-state index contributed by atoms with van der Waals surface area (Å²) in [5, 5.41) is 2.74. The number of nitrogens with two attached hydrogens (primary N) is 1. The number of nitrogen functional groups attached to an aromatic ring is 1. The molecular formula is C13H18N4O3. The number of hydrogen-bond donors (Lipinski definition) is 2. The van der Waals surface area contributed by atoms with Gasteiger partial charge < -0.3 is 20.7 Å². The third-order valence-electron chi connectivity index (χ3n) is 3.20. The van der Waals surface area contributed by atoms with Gasteiger partial charge in [0.15, 0.2) is 0 Å². The molecule has 7 nitrogen and oxygen atoms in total. The summed E-state index contributed by atoms with van der Waals surface area (Å²) in [5.74, 6) is -0.135. The summed E-state index contributed by atoms with van der Waals surface area (Å²) in [6.07, 6.45) is 1.73. The van der Waals surface area contributed by atoms with Crippen LogP contribution in [0.15, 0.2) is 18.3 Å². The zero-order valence-electron chi connectivity index (χ0n) is 11.3. The lowest BCUT2D eigenvalue weighted by Gasteiger charge is -2.15. The summed E-state index contributed by atoms with van der Waals surface area (Å²) in [4.78, 5) is 29.4. The largest absolute Gasteiger partial charge is 0.384 e. The summed E-state index contributed by atoms with van der Waals surface area (Å²) in [7, 11) is 1.58. The van der Waals surface area contributed by atoms with Crippen molar-refractivity contribution in [2.45, 2.75) is 6.42 Å². The molecule has 7 heteroatoms. The molecule has 0 radical (unpaired) electrons. The number of hydrogen-bond acceptors (Lipinski definition) is 5. The molecular weight excluding hydrogens is 260 g/mol. The van der Waals surface area contributed by atoms with Crippen molar-refractivity contribution < 1.29 is 14.3 Å². The molecule has 20 heavy (non-hydrogen) atoms. The first-order chi connectivity index (χ1) is 9.60. The van der Waals surface area contributed by atoms with E-state index in [1.165, 1.54) is 6.20 Å². The van der Waals surface area contributed by atoms with Gasteiger partial charge in [0.1, 0.15) is 5.82 Å². The van der Waals surface area contributed by atoms with Gasteiger partial charge in [0.05, 0.1) is 24.4 Å². The quantitative estimate of drug-likeness (QED) is 0.796. The van der Waals surface area contributed by atoms with E-state index in [9.17, 15) is 9.59 Å². The van der Waals surface area contributed by atoms with Gasteiger partial charge in [-0.1, -0.05) is 0 Å². The molecule has 2 amide bonds. The number of ether oxygens (including phenoxy) is 1. The smallest absolute Gasteiger partial charge is 0.229 e. The van der Waals surface area contributed by atoms with Crippen molar-refractivity contribution >= 4 is 23.3 Å². The van der Waals surface area contributed by atoms with Gasteiger partial charge in [-0.05, 0) is 12.1 Å². The first kappa shape index (κ1) is 14.3. The standard InChI is InChI=1S/C13H18N4O3/c1-20-5-4-17-8-9(6-12(17)18)13(19)16-10-2-3-11(14)15-7-10/h2-3,7,9H,4-6,8H2,1H3,(H2,14,15)(H,16,19)/t9-/m0/s1. The van der Waals surface area contributed by atoms with Crippen LogP contribution >= 0.6 is 0 Å². The number of nitrogens with zero attached hydrogens (tertiary/aromatic N) is 2. The minimum absolute atomic E-state index is 0.0161. The molecule has 108 valence electrons. The molecule has 1 aliphatic rings. The maximum atomic E-state index is 12.1. The number of anilines is 2. The van der Waals surface area contributed by atoms with Crippen molar-refractivity contribution in [3.63, 3.8) is 0 Å². The van der Waals surface area contributed by atoms with Gasteiger partial charge in [-0.2, -0.15) is 0 Å². The van der Waals surface area contributed by atoms with E-state index in [1.54, 1.807) is 24.1 Å². The van der Waals surface area contributed by atoms with Gasteiger partial charge >= 0.3 is 0 Å². The highest BCUT2D eigenvalue weighted by Gasteiger charge is 2.33. The zero-order valence-corrected chi connectivity index (χ0v) is 11.3. The number of aromatic nitrogens is 1. The van der Waals surface area contributed by atoms with Crippen molar-refractivity contribution in [2.24, 2.45) is 5.92 Å². The van der Waals surface area contributed by atoms with Crippen LogP contribution in [0.25, 0.3) is 0 Å². The van der Waals surface area contributed by atoms with Crippen molar-refractivity contribution in [2.75, 3.05) is 37.9 Å². The molecule has 0 bridgehead atoms. The van der Waals surface area contributed by atoms with Gasteiger partial charge in [0, 0.05) is 26.6 Å². The maximum Gasteiger partial charge on any atom is 0.229 e. The summed E-state index contributed by atoms with van der Waals surface area (Å²) >= 11 is 0. The predicted octanol–water partition coefficient (Wildman–Crippen LogP) is 0.0972. The highest BCUT2D eigenvalue weighted by atomic mass is 16.5. The lowest BCUT2D eigenvalue weighted by Crippen LogP contribution is -2.30. The third-order valence-corrected chi connectivity index (χ3v) is 3.20. The molecule has 2 heterocycles. The molecule has 1 aromatic rings. The fourth-order valence-corrected chi connectivity index (χ4v) is 2.09. The van der Waals surface area contributed by atoms with Crippen molar-refractivity contribution in [1.82, 2.24) is 9.88 Å². The lowest BCUT2D eigenvalue weighted by molar-refractivity contribution is -0.128. The number of nitrogens with one attached hydrogen (secondary N) is 1. The van der Waals surface area contributed by atoms with E-state index in [4.69, 9.17) is 10.5 Å². The fraction of sp³-hybridized carbons (Fsp3) is 0.462. The first-order valence-electron chi connectivity index (χ1n) is 6.39. The second kappa shape index (κ2) is 6.33. The molecule has 0 unspecified atom stereocenters. The Morgan fingerprint density at radius 1 is 1.60 bits per heavy atom. The highest BCUT2D eigenvalue weighted by molar-refractivity contribution is 5.97. The number of carbonyl (C=O) groups is 2. The Morgan fingerprint density at radius 2 is 2.40 bits per heavy atom. The Balaban J connectivity index is 1.90. The van der Waals surface area contributed by atoms with Crippen molar-refractivity contribution in [1.29, 1.82) is 0 Å². The topological polar surface area (TPSA) is 97.6 Å². The van der Waals surface area contributed by atoms with Gasteiger partial charge in [0.2, 0.25) is 11.8 Å². The van der Waals surface area contributed by atoms with E-state index in [0.29, 0.717) is 31.2 Å². The van der Waals surface area contributed by atoms with E-state index in [0.717, 1.165) is 0 Å². The van der Waals surface area contributed by atoms with Crippen LogP contribution < -0.4 is 11.1 Å². The van der Waals surface area contributed by atoms with Crippen LogP contribution in [0, 0.1) is 5.92 Å². The number of likely N-dealkylation sites (tertiary alicyclic amines) is 1. The highest BCUT2D eigenvalue weighted by Crippen LogP contribution is 2.19. The summed E-state index contributed by atoms with van der Waals surface area (Å²) in [6.45, 7) is 1.42. The number of rotatable bonds is 5. The molecule has 3 N–H and O–H groups in total. The molecule has 1 aliphatic heterocycles. The normalized spacial score (nSPS) is 18.4. The molecule has 0 saturated carbocycles. The molecule has 0 aliphatic carbocycles. The SMILES string of the molecule is COCCN1C[C@@H](C(=O)Nc2ccc(N)nc2)CC1=O. The van der Waals surface area contributed by atoms with Crippen LogP contribution in [0.4, 0.5) is 11.5 Å². The Labute approximate surface area is 117 Å². The third kappa shape index (κ3) is 3.45. The number of methoxy groups -OCH3 is 1. The van der Waals surface area contributed by atoms with Crippen LogP contribution in [-0.4, -0.2) is 48.5 Å². The second-order valence-corrected chi connectivity index (χ2v) is 4.69. The van der Waals surface area contributed by atoms with Gasteiger partial charge in [0.25, 0.3) is 0 Å². The van der Waals surface area contributed by atoms with Crippen LogP contribution in [-0.2, 0) is 14.3 Å². The molecule has 2 rings (SSSR count). The molecule has 0 spiro atoms. The summed E-state index contributed by atoms with van der Waals surface area (Å²) in [6, 6.07) is 3.29. The number of amides is 2. The van der Waals surface area contributed by atoms with Crippen LogP contribution in [0.2, 0.25) is 0 Å². The molecule has 1 atom stereocenters. The van der Waals surface area contributed by atoms with Gasteiger partial charge in [-0.15, -0.1) is 0 Å². The van der Waals surface area contributed by atoms with Gasteiger partial charge in [-0.25, -0.2) is 4.98 Å². The minimum atomic E-state index is -0.336. The Morgan fingerprint density at radius 3 is 3.05 bits per heavy atom.